The molecule has 6 nitrogen and oxygen atoms in total. The van der Waals surface area contributed by atoms with Crippen LogP contribution in [0.2, 0.25) is 0 Å². The summed E-state index contributed by atoms with van der Waals surface area (Å²) in [4.78, 5) is 25.8. The minimum atomic E-state index is -3.60. The van der Waals surface area contributed by atoms with Gasteiger partial charge in [0.05, 0.1) is 23.3 Å². The molecule has 1 heterocycles. The predicted molar refractivity (Wildman–Crippen MR) is 113 cm³/mol. The molecule has 0 bridgehead atoms. The number of fused-ring (bicyclic) bond motifs is 1. The number of anilines is 1. The summed E-state index contributed by atoms with van der Waals surface area (Å²) < 4.78 is 42.5. The van der Waals surface area contributed by atoms with E-state index >= 15 is 0 Å². The lowest BCUT2D eigenvalue weighted by atomic mass is 9.88. The third-order valence-corrected chi connectivity index (χ3v) is 8.13. The Morgan fingerprint density at radius 1 is 1.27 bits per heavy atom. The molecular weight excluding hydrogens is 429 g/mol. The van der Waals surface area contributed by atoms with Crippen LogP contribution in [0.4, 0.5) is 9.39 Å². The van der Waals surface area contributed by atoms with Crippen molar-refractivity contribution < 1.29 is 27.1 Å². The number of halogens is 1. The second-order valence-corrected chi connectivity index (χ2v) is 10.7. The van der Waals surface area contributed by atoms with Crippen LogP contribution >= 0.6 is 11.3 Å². The third-order valence-electron chi connectivity index (χ3n) is 5.14. The van der Waals surface area contributed by atoms with Gasteiger partial charge in [0.15, 0.2) is 9.84 Å². The molecule has 0 saturated carbocycles. The van der Waals surface area contributed by atoms with E-state index < -0.39 is 21.6 Å². The lowest BCUT2D eigenvalue weighted by Gasteiger charge is -2.18. The van der Waals surface area contributed by atoms with Gasteiger partial charge < -0.3 is 10.1 Å². The molecule has 1 aliphatic carbocycles. The van der Waals surface area contributed by atoms with Crippen LogP contribution in [0.3, 0.4) is 0 Å². The van der Waals surface area contributed by atoms with Crippen molar-refractivity contribution in [2.45, 2.75) is 43.9 Å². The molecule has 1 aromatic carbocycles. The highest BCUT2D eigenvalue weighted by Gasteiger charge is 2.29. The molecule has 1 aromatic heterocycles. The van der Waals surface area contributed by atoms with Crippen LogP contribution in [0.25, 0.3) is 0 Å². The smallest absolute Gasteiger partial charge is 0.341 e. The number of nitrogens with one attached hydrogen (secondary N) is 1. The molecule has 162 valence electrons. The lowest BCUT2D eigenvalue weighted by Crippen LogP contribution is -2.17. The van der Waals surface area contributed by atoms with Gasteiger partial charge in [-0.3, -0.25) is 4.79 Å². The molecule has 0 saturated heterocycles. The molecule has 3 rings (SSSR count). The van der Waals surface area contributed by atoms with Gasteiger partial charge in [-0.1, -0.05) is 6.92 Å². The first-order valence-corrected chi connectivity index (χ1v) is 12.2. The fourth-order valence-corrected chi connectivity index (χ4v) is 6.25. The minimum absolute atomic E-state index is 0.0139. The maximum Gasteiger partial charge on any atom is 0.341 e. The van der Waals surface area contributed by atoms with Crippen molar-refractivity contribution in [3.05, 3.63) is 46.1 Å². The van der Waals surface area contributed by atoms with E-state index in [0.717, 1.165) is 41.8 Å². The molecule has 0 fully saturated rings. The van der Waals surface area contributed by atoms with Crippen molar-refractivity contribution in [1.82, 2.24) is 0 Å². The first-order valence-electron chi connectivity index (χ1n) is 9.72. The number of esters is 1. The number of rotatable bonds is 7. The van der Waals surface area contributed by atoms with Crippen molar-refractivity contribution in [2.24, 2.45) is 5.92 Å². The van der Waals surface area contributed by atoms with Crippen LogP contribution in [-0.2, 0) is 32.2 Å². The third kappa shape index (κ3) is 5.07. The van der Waals surface area contributed by atoms with Gasteiger partial charge in [-0.2, -0.15) is 0 Å². The van der Waals surface area contributed by atoms with Crippen LogP contribution in [0.15, 0.2) is 29.2 Å². The molecular formula is C21H24FNO5S2. The fourth-order valence-electron chi connectivity index (χ4n) is 3.53. The number of carbonyl (C=O) groups is 2. The summed E-state index contributed by atoms with van der Waals surface area (Å²) in [7, 11) is -2.29. The Labute approximate surface area is 179 Å². The van der Waals surface area contributed by atoms with Crippen molar-refractivity contribution >= 4 is 38.1 Å². The topological polar surface area (TPSA) is 89.5 Å². The van der Waals surface area contributed by atoms with Gasteiger partial charge in [0, 0.05) is 11.3 Å². The highest BCUT2D eigenvalue weighted by Crippen LogP contribution is 2.40. The number of carbonyl (C=O) groups excluding carboxylic acids is 2. The molecule has 1 unspecified atom stereocenters. The summed E-state index contributed by atoms with van der Waals surface area (Å²) in [6.45, 7) is 2.15. The summed E-state index contributed by atoms with van der Waals surface area (Å²) in [6.07, 6.45) is 2.70. The number of ether oxygens (including phenoxy) is 1. The zero-order valence-corrected chi connectivity index (χ0v) is 18.5. The van der Waals surface area contributed by atoms with Crippen LogP contribution in [0, 0.1) is 11.7 Å². The Bertz CT molecular complexity index is 1040. The second-order valence-electron chi connectivity index (χ2n) is 7.47. The number of methoxy groups -OCH3 is 1. The molecule has 2 aromatic rings. The quantitative estimate of drug-likeness (QED) is 0.506. The van der Waals surface area contributed by atoms with Crippen molar-refractivity contribution in [2.75, 3.05) is 18.2 Å². The predicted octanol–water partition coefficient (Wildman–Crippen LogP) is 3.99. The second kappa shape index (κ2) is 9.26. The Morgan fingerprint density at radius 2 is 1.97 bits per heavy atom. The number of hydrogen-bond acceptors (Lipinski definition) is 6. The Hall–Kier alpha value is -2.26. The SMILES string of the molecule is COC(=O)c1c(NC(=O)CCCS(=O)(=O)c2ccc(F)cc2)sc2c1CCC(C)C2. The summed E-state index contributed by atoms with van der Waals surface area (Å²) in [5.41, 5.74) is 1.36. The van der Waals surface area contributed by atoms with Crippen molar-refractivity contribution in [1.29, 1.82) is 0 Å². The number of thiophene rings is 1. The van der Waals surface area contributed by atoms with E-state index in [1.165, 1.54) is 30.6 Å². The summed E-state index contributed by atoms with van der Waals surface area (Å²) in [5.74, 6) is -1.06. The Morgan fingerprint density at radius 3 is 2.63 bits per heavy atom. The molecule has 0 aliphatic heterocycles. The molecule has 1 atom stereocenters. The van der Waals surface area contributed by atoms with Gasteiger partial charge >= 0.3 is 5.97 Å². The zero-order valence-electron chi connectivity index (χ0n) is 16.9. The molecule has 0 spiro atoms. The maximum atomic E-state index is 13.0. The lowest BCUT2D eigenvalue weighted by molar-refractivity contribution is -0.116. The first-order chi connectivity index (χ1) is 14.2. The van der Waals surface area contributed by atoms with Crippen LogP contribution in [0.1, 0.15) is 47.0 Å². The van der Waals surface area contributed by atoms with E-state index in [1.807, 2.05) is 0 Å². The highest BCUT2D eigenvalue weighted by molar-refractivity contribution is 7.91. The average Bonchev–Trinajstić information content (AvgIpc) is 3.04. The summed E-state index contributed by atoms with van der Waals surface area (Å²) in [5, 5.41) is 3.23. The number of amides is 1. The molecule has 1 amide bonds. The van der Waals surface area contributed by atoms with E-state index in [4.69, 9.17) is 4.74 Å². The van der Waals surface area contributed by atoms with E-state index in [0.29, 0.717) is 16.5 Å². The highest BCUT2D eigenvalue weighted by atomic mass is 32.2. The van der Waals surface area contributed by atoms with Crippen LogP contribution in [-0.4, -0.2) is 33.2 Å². The largest absolute Gasteiger partial charge is 0.465 e. The van der Waals surface area contributed by atoms with Gasteiger partial charge in [-0.05, 0) is 61.4 Å². The number of benzene rings is 1. The van der Waals surface area contributed by atoms with E-state index in [2.05, 4.69) is 12.2 Å². The summed E-state index contributed by atoms with van der Waals surface area (Å²) >= 11 is 1.39. The van der Waals surface area contributed by atoms with Crippen molar-refractivity contribution in [3.63, 3.8) is 0 Å². The number of sulfone groups is 1. The zero-order chi connectivity index (χ0) is 21.9. The Kier molecular flexibility index (Phi) is 6.92. The molecule has 30 heavy (non-hydrogen) atoms. The van der Waals surface area contributed by atoms with E-state index in [-0.39, 0.29) is 29.4 Å². The van der Waals surface area contributed by atoms with Gasteiger partial charge in [0.25, 0.3) is 0 Å². The normalized spacial score (nSPS) is 16.0. The Balaban J connectivity index is 1.65. The van der Waals surface area contributed by atoms with Gasteiger partial charge in [0.1, 0.15) is 10.8 Å². The molecule has 9 heteroatoms. The monoisotopic (exact) mass is 453 g/mol. The summed E-state index contributed by atoms with van der Waals surface area (Å²) in [6, 6.07) is 4.61. The van der Waals surface area contributed by atoms with Gasteiger partial charge in [0.2, 0.25) is 5.91 Å². The molecule has 1 aliphatic rings. The average molecular weight is 454 g/mol. The van der Waals surface area contributed by atoms with E-state index in [9.17, 15) is 22.4 Å². The minimum Gasteiger partial charge on any atom is -0.465 e. The van der Waals surface area contributed by atoms with Crippen LogP contribution < -0.4 is 5.32 Å². The number of hydrogen-bond donors (Lipinski definition) is 1. The maximum absolute atomic E-state index is 13.0. The first kappa shape index (κ1) is 22.4. The standard InChI is InChI=1S/C21H24FNO5S2/c1-13-5-10-16-17(12-13)29-20(19(16)21(25)28-2)23-18(24)4-3-11-30(26,27)15-8-6-14(22)7-9-15/h6-9,13H,3-5,10-12H2,1-2H3,(H,23,24). The van der Waals surface area contributed by atoms with E-state index in [1.54, 1.807) is 0 Å². The molecule has 0 radical (unpaired) electrons. The van der Waals surface area contributed by atoms with Crippen molar-refractivity contribution in [3.8, 4) is 0 Å². The van der Waals surface area contributed by atoms with Gasteiger partial charge in [-0.15, -0.1) is 11.3 Å². The van der Waals surface area contributed by atoms with Crippen LogP contribution in [0.5, 0.6) is 0 Å². The van der Waals surface area contributed by atoms with Gasteiger partial charge in [-0.25, -0.2) is 17.6 Å². The fraction of sp³-hybridized carbons (Fsp3) is 0.429. The molecule has 1 N–H and O–H groups in total.